The Morgan fingerprint density at radius 2 is 1.54 bits per heavy atom. The normalized spacial score (nSPS) is 11.5. The molecule has 3 rings (SSSR count). The minimum Gasteiger partial charge on any atom is -0.445 e. The molecule has 3 aromatic carbocycles. The average Bonchev–Trinajstić information content (AvgIpc) is 2.72. The van der Waals surface area contributed by atoms with Crippen molar-refractivity contribution in [3.63, 3.8) is 0 Å². The van der Waals surface area contributed by atoms with Crippen LogP contribution in [0.5, 0.6) is 0 Å². The molecule has 3 aromatic rings. The van der Waals surface area contributed by atoms with Crippen molar-refractivity contribution in [3.8, 4) is 0 Å². The average molecular weight is 375 g/mol. The number of ketones is 1. The summed E-state index contributed by atoms with van der Waals surface area (Å²) in [6, 6.07) is 20.7. The standard InChI is InChI=1S/C22H17NO5/c1-15-6-5-9-18(14-15)22(25)28-21(20(24)16-7-3-2-4-8-16)17-10-12-19(13-11-17)23(26)27/h2-14,21H,1H3/t21-/m0/s1. The van der Waals surface area contributed by atoms with Crippen molar-refractivity contribution in [1.82, 2.24) is 0 Å². The summed E-state index contributed by atoms with van der Waals surface area (Å²) in [4.78, 5) is 35.9. The van der Waals surface area contributed by atoms with E-state index in [-0.39, 0.29) is 5.69 Å². The van der Waals surface area contributed by atoms with Crippen LogP contribution in [0.3, 0.4) is 0 Å². The molecular weight excluding hydrogens is 358 g/mol. The third kappa shape index (κ3) is 4.29. The first-order valence-electron chi connectivity index (χ1n) is 8.57. The van der Waals surface area contributed by atoms with E-state index < -0.39 is 22.8 Å². The van der Waals surface area contributed by atoms with Gasteiger partial charge in [0.05, 0.1) is 10.5 Å². The quantitative estimate of drug-likeness (QED) is 0.270. The van der Waals surface area contributed by atoms with E-state index in [0.29, 0.717) is 16.7 Å². The lowest BCUT2D eigenvalue weighted by atomic mass is 9.99. The van der Waals surface area contributed by atoms with Crippen LogP contribution in [0.4, 0.5) is 5.69 Å². The fourth-order valence-corrected chi connectivity index (χ4v) is 2.74. The zero-order valence-electron chi connectivity index (χ0n) is 15.1. The second-order valence-corrected chi connectivity index (χ2v) is 6.23. The molecule has 0 bridgehead atoms. The number of nitro groups is 1. The number of esters is 1. The van der Waals surface area contributed by atoms with Crippen molar-refractivity contribution >= 4 is 17.4 Å². The van der Waals surface area contributed by atoms with Crippen molar-refractivity contribution in [3.05, 3.63) is 111 Å². The highest BCUT2D eigenvalue weighted by Gasteiger charge is 2.27. The molecule has 0 aromatic heterocycles. The van der Waals surface area contributed by atoms with E-state index in [1.54, 1.807) is 48.5 Å². The SMILES string of the molecule is Cc1cccc(C(=O)O[C@H](C(=O)c2ccccc2)c2ccc([N+](=O)[O-])cc2)c1. The number of non-ortho nitro benzene ring substituents is 1. The molecule has 0 heterocycles. The molecule has 0 N–H and O–H groups in total. The van der Waals surface area contributed by atoms with Crippen LogP contribution >= 0.6 is 0 Å². The predicted molar refractivity (Wildman–Crippen MR) is 103 cm³/mol. The first-order chi connectivity index (χ1) is 13.5. The molecule has 0 radical (unpaired) electrons. The Morgan fingerprint density at radius 1 is 0.893 bits per heavy atom. The molecule has 140 valence electrons. The van der Waals surface area contributed by atoms with E-state index in [1.165, 1.54) is 24.3 Å². The molecular formula is C22H17NO5. The Bertz CT molecular complexity index is 1010. The highest BCUT2D eigenvalue weighted by molar-refractivity contribution is 6.02. The number of ether oxygens (including phenoxy) is 1. The summed E-state index contributed by atoms with van der Waals surface area (Å²) in [7, 11) is 0. The number of carbonyl (C=O) groups excluding carboxylic acids is 2. The van der Waals surface area contributed by atoms with E-state index >= 15 is 0 Å². The smallest absolute Gasteiger partial charge is 0.339 e. The minimum atomic E-state index is -1.21. The number of rotatable bonds is 6. The highest BCUT2D eigenvalue weighted by Crippen LogP contribution is 2.26. The van der Waals surface area contributed by atoms with Gasteiger partial charge in [-0.1, -0.05) is 48.0 Å². The van der Waals surface area contributed by atoms with E-state index in [4.69, 9.17) is 4.74 Å². The molecule has 0 aliphatic carbocycles. The number of hydrogen-bond acceptors (Lipinski definition) is 5. The van der Waals surface area contributed by atoms with Gasteiger partial charge in [0.25, 0.3) is 5.69 Å². The second kappa shape index (κ2) is 8.26. The molecule has 1 atom stereocenters. The van der Waals surface area contributed by atoms with Crippen LogP contribution in [0.1, 0.15) is 37.9 Å². The Morgan fingerprint density at radius 3 is 2.14 bits per heavy atom. The number of nitro benzene ring substituents is 1. The van der Waals surface area contributed by atoms with E-state index in [9.17, 15) is 19.7 Å². The van der Waals surface area contributed by atoms with Gasteiger partial charge in [-0.25, -0.2) is 4.79 Å². The minimum absolute atomic E-state index is 0.111. The number of benzene rings is 3. The van der Waals surface area contributed by atoms with Gasteiger partial charge in [0.2, 0.25) is 5.78 Å². The van der Waals surface area contributed by atoms with Gasteiger partial charge in [-0.05, 0) is 31.2 Å². The van der Waals surface area contributed by atoms with Crippen LogP contribution in [0.25, 0.3) is 0 Å². The van der Waals surface area contributed by atoms with E-state index in [1.807, 2.05) is 13.0 Å². The first kappa shape index (κ1) is 19.0. The lowest BCUT2D eigenvalue weighted by Gasteiger charge is -2.17. The maximum absolute atomic E-state index is 13.0. The van der Waals surface area contributed by atoms with Gasteiger partial charge in [0.1, 0.15) is 0 Å². The van der Waals surface area contributed by atoms with Gasteiger partial charge in [0.15, 0.2) is 6.10 Å². The number of hydrogen-bond donors (Lipinski definition) is 0. The topological polar surface area (TPSA) is 86.5 Å². The van der Waals surface area contributed by atoms with Crippen LogP contribution in [-0.2, 0) is 4.74 Å². The lowest BCUT2D eigenvalue weighted by molar-refractivity contribution is -0.384. The van der Waals surface area contributed by atoms with Gasteiger partial charge >= 0.3 is 5.97 Å². The van der Waals surface area contributed by atoms with Crippen LogP contribution in [0, 0.1) is 17.0 Å². The van der Waals surface area contributed by atoms with Gasteiger partial charge in [0, 0.05) is 23.3 Å². The van der Waals surface area contributed by atoms with Gasteiger partial charge in [-0.3, -0.25) is 14.9 Å². The zero-order chi connectivity index (χ0) is 20.1. The lowest BCUT2D eigenvalue weighted by Crippen LogP contribution is -2.20. The maximum atomic E-state index is 13.0. The summed E-state index contributed by atoms with van der Waals surface area (Å²) >= 11 is 0. The molecule has 0 aliphatic rings. The summed E-state index contributed by atoms with van der Waals surface area (Å²) < 4.78 is 5.54. The molecule has 0 aliphatic heterocycles. The Labute approximate surface area is 161 Å². The Hall–Kier alpha value is -3.80. The third-order valence-electron chi connectivity index (χ3n) is 4.18. The molecule has 0 saturated carbocycles. The fourth-order valence-electron chi connectivity index (χ4n) is 2.74. The number of carbonyl (C=O) groups is 2. The Kier molecular flexibility index (Phi) is 5.60. The molecule has 0 fully saturated rings. The van der Waals surface area contributed by atoms with Crippen LogP contribution < -0.4 is 0 Å². The van der Waals surface area contributed by atoms with Crippen LogP contribution in [-0.4, -0.2) is 16.7 Å². The molecule has 0 spiro atoms. The number of nitrogens with zero attached hydrogens (tertiary/aromatic N) is 1. The predicted octanol–water partition coefficient (Wildman–Crippen LogP) is 4.68. The summed E-state index contributed by atoms with van der Waals surface area (Å²) in [6.45, 7) is 1.85. The first-order valence-corrected chi connectivity index (χ1v) is 8.57. The second-order valence-electron chi connectivity index (χ2n) is 6.23. The van der Waals surface area contributed by atoms with Crippen molar-refractivity contribution in [1.29, 1.82) is 0 Å². The maximum Gasteiger partial charge on any atom is 0.339 e. The number of aryl methyl sites for hydroxylation is 1. The molecule has 0 saturated heterocycles. The van der Waals surface area contributed by atoms with Crippen LogP contribution in [0.2, 0.25) is 0 Å². The van der Waals surface area contributed by atoms with Gasteiger partial charge in [-0.2, -0.15) is 0 Å². The molecule has 6 nitrogen and oxygen atoms in total. The van der Waals surface area contributed by atoms with Crippen molar-refractivity contribution in [2.75, 3.05) is 0 Å². The molecule has 0 amide bonds. The summed E-state index contributed by atoms with van der Waals surface area (Å²) in [5, 5.41) is 10.9. The highest BCUT2D eigenvalue weighted by atomic mass is 16.6. The van der Waals surface area contributed by atoms with E-state index in [2.05, 4.69) is 0 Å². The van der Waals surface area contributed by atoms with Gasteiger partial charge in [-0.15, -0.1) is 0 Å². The van der Waals surface area contributed by atoms with E-state index in [0.717, 1.165) is 5.56 Å². The summed E-state index contributed by atoms with van der Waals surface area (Å²) in [5.41, 5.74) is 1.84. The molecule has 0 unspecified atom stereocenters. The Balaban J connectivity index is 1.95. The fraction of sp³-hybridized carbons (Fsp3) is 0.0909. The monoisotopic (exact) mass is 375 g/mol. The van der Waals surface area contributed by atoms with Crippen molar-refractivity contribution in [2.45, 2.75) is 13.0 Å². The molecule has 6 heteroatoms. The van der Waals surface area contributed by atoms with Crippen molar-refractivity contribution < 1.29 is 19.2 Å². The summed E-state index contributed by atoms with van der Waals surface area (Å²) in [6.07, 6.45) is -1.21. The number of Topliss-reactive ketones (excluding diaryl/α,β-unsaturated/α-hetero) is 1. The molecule has 28 heavy (non-hydrogen) atoms. The van der Waals surface area contributed by atoms with Crippen molar-refractivity contribution in [2.24, 2.45) is 0 Å². The summed E-state index contributed by atoms with van der Waals surface area (Å²) in [5.74, 6) is -1.05. The van der Waals surface area contributed by atoms with Gasteiger partial charge < -0.3 is 4.74 Å². The van der Waals surface area contributed by atoms with Crippen LogP contribution in [0.15, 0.2) is 78.9 Å². The largest absolute Gasteiger partial charge is 0.445 e. The third-order valence-corrected chi connectivity index (χ3v) is 4.18. The zero-order valence-corrected chi connectivity index (χ0v) is 15.1.